The summed E-state index contributed by atoms with van der Waals surface area (Å²) in [4.78, 5) is 1.36. The van der Waals surface area contributed by atoms with Crippen LogP contribution in [0.5, 0.6) is 5.75 Å². The van der Waals surface area contributed by atoms with Crippen LogP contribution in [0.4, 0.5) is 0 Å². The lowest BCUT2D eigenvalue weighted by atomic mass is 10.0. The SMILES string of the molecule is C[S+](C)c1ccc(O)c2c1CC=CC=C2. The van der Waals surface area contributed by atoms with Crippen LogP contribution in [0.2, 0.25) is 0 Å². The lowest BCUT2D eigenvalue weighted by Crippen LogP contribution is -2.02. The maximum atomic E-state index is 9.81. The molecular formula is C13H15OS+. The van der Waals surface area contributed by atoms with Crippen LogP contribution in [-0.2, 0) is 17.3 Å². The Labute approximate surface area is 93.5 Å². The van der Waals surface area contributed by atoms with Gasteiger partial charge in [0, 0.05) is 22.0 Å². The van der Waals surface area contributed by atoms with Crippen molar-refractivity contribution in [3.8, 4) is 5.75 Å². The zero-order valence-electron chi connectivity index (χ0n) is 9.03. The van der Waals surface area contributed by atoms with Gasteiger partial charge in [-0.3, -0.25) is 0 Å². The minimum absolute atomic E-state index is 0.237. The van der Waals surface area contributed by atoms with E-state index in [0.717, 1.165) is 12.0 Å². The minimum Gasteiger partial charge on any atom is -0.507 e. The molecule has 0 aliphatic heterocycles. The molecule has 0 unspecified atom stereocenters. The Morgan fingerprint density at radius 1 is 1.20 bits per heavy atom. The third-order valence-corrected chi connectivity index (χ3v) is 3.83. The average molecular weight is 219 g/mol. The van der Waals surface area contributed by atoms with Gasteiger partial charge in [-0.05, 0) is 18.6 Å². The van der Waals surface area contributed by atoms with E-state index in [0.29, 0.717) is 5.75 Å². The predicted molar refractivity (Wildman–Crippen MR) is 67.5 cm³/mol. The Morgan fingerprint density at radius 2 is 2.00 bits per heavy atom. The molecule has 1 aliphatic carbocycles. The smallest absolute Gasteiger partial charge is 0.158 e. The highest BCUT2D eigenvalue weighted by atomic mass is 32.2. The summed E-state index contributed by atoms with van der Waals surface area (Å²) in [5.41, 5.74) is 2.26. The standard InChI is InChI=1S/C13H14OS/c1-15(2)13-9-8-12(14)10-6-4-3-5-7-11(10)13/h3-6,8-9H,7H2,1-2H3/p+1. The fraction of sp³-hybridized carbons (Fsp3) is 0.231. The van der Waals surface area contributed by atoms with Crippen LogP contribution < -0.4 is 0 Å². The molecular weight excluding hydrogens is 204 g/mol. The molecule has 0 fully saturated rings. The van der Waals surface area contributed by atoms with Gasteiger partial charge in [-0.1, -0.05) is 24.3 Å². The normalized spacial score (nSPS) is 14.1. The topological polar surface area (TPSA) is 20.2 Å². The fourth-order valence-corrected chi connectivity index (χ4v) is 2.85. The Balaban J connectivity index is 2.63. The molecule has 0 saturated carbocycles. The molecule has 1 aromatic rings. The van der Waals surface area contributed by atoms with Gasteiger partial charge in [0.25, 0.3) is 0 Å². The van der Waals surface area contributed by atoms with Gasteiger partial charge >= 0.3 is 0 Å². The number of allylic oxidation sites excluding steroid dienone is 3. The van der Waals surface area contributed by atoms with Gasteiger partial charge < -0.3 is 5.11 Å². The van der Waals surface area contributed by atoms with Gasteiger partial charge in [0.2, 0.25) is 0 Å². The number of fused-ring (bicyclic) bond motifs is 1. The summed E-state index contributed by atoms with van der Waals surface area (Å²) < 4.78 is 0. The number of benzene rings is 1. The van der Waals surface area contributed by atoms with E-state index in [4.69, 9.17) is 0 Å². The molecule has 0 spiro atoms. The molecule has 1 aromatic carbocycles. The molecule has 0 radical (unpaired) electrons. The lowest BCUT2D eigenvalue weighted by Gasteiger charge is -2.09. The minimum atomic E-state index is 0.237. The summed E-state index contributed by atoms with van der Waals surface area (Å²) in [6.45, 7) is 0. The van der Waals surface area contributed by atoms with Crippen molar-refractivity contribution in [2.24, 2.45) is 0 Å². The summed E-state index contributed by atoms with van der Waals surface area (Å²) in [6, 6.07) is 3.85. The summed E-state index contributed by atoms with van der Waals surface area (Å²) in [5.74, 6) is 0.388. The molecule has 15 heavy (non-hydrogen) atoms. The van der Waals surface area contributed by atoms with Crippen molar-refractivity contribution in [3.63, 3.8) is 0 Å². The molecule has 0 bridgehead atoms. The predicted octanol–water partition coefficient (Wildman–Crippen LogP) is 2.75. The molecule has 0 aromatic heterocycles. The van der Waals surface area contributed by atoms with Crippen LogP contribution in [-0.4, -0.2) is 17.6 Å². The molecule has 2 rings (SSSR count). The van der Waals surface area contributed by atoms with Crippen LogP contribution in [0.15, 0.2) is 35.3 Å². The molecule has 0 heterocycles. The Hall–Kier alpha value is -1.15. The second-order valence-corrected chi connectivity index (χ2v) is 5.86. The van der Waals surface area contributed by atoms with Crippen molar-refractivity contribution < 1.29 is 5.11 Å². The first-order valence-electron chi connectivity index (χ1n) is 4.96. The van der Waals surface area contributed by atoms with E-state index in [9.17, 15) is 5.11 Å². The molecule has 0 amide bonds. The van der Waals surface area contributed by atoms with Crippen molar-refractivity contribution in [1.29, 1.82) is 0 Å². The van der Waals surface area contributed by atoms with E-state index in [1.165, 1.54) is 10.5 Å². The number of hydrogen-bond donors (Lipinski definition) is 1. The maximum absolute atomic E-state index is 9.81. The Kier molecular flexibility index (Phi) is 2.87. The van der Waals surface area contributed by atoms with Crippen molar-refractivity contribution in [2.75, 3.05) is 12.5 Å². The van der Waals surface area contributed by atoms with E-state index in [1.54, 1.807) is 6.07 Å². The fourth-order valence-electron chi connectivity index (χ4n) is 1.83. The van der Waals surface area contributed by atoms with E-state index < -0.39 is 0 Å². The summed E-state index contributed by atoms with van der Waals surface area (Å²) in [7, 11) is 0.237. The van der Waals surface area contributed by atoms with Crippen LogP contribution in [0.3, 0.4) is 0 Å². The van der Waals surface area contributed by atoms with Gasteiger partial charge in [0.05, 0.1) is 0 Å². The number of aromatic hydroxyl groups is 1. The first kappa shape index (κ1) is 10.4. The number of rotatable bonds is 1. The largest absolute Gasteiger partial charge is 0.507 e. The van der Waals surface area contributed by atoms with Crippen LogP contribution in [0, 0.1) is 0 Å². The average Bonchev–Trinajstić information content (AvgIpc) is 2.43. The van der Waals surface area contributed by atoms with Crippen molar-refractivity contribution in [3.05, 3.63) is 41.5 Å². The van der Waals surface area contributed by atoms with Gasteiger partial charge in [-0.15, -0.1) is 0 Å². The summed E-state index contributed by atoms with van der Waals surface area (Å²) in [6.07, 6.45) is 13.5. The van der Waals surface area contributed by atoms with Crippen molar-refractivity contribution in [2.45, 2.75) is 11.3 Å². The second kappa shape index (κ2) is 4.15. The maximum Gasteiger partial charge on any atom is 0.158 e. The summed E-state index contributed by atoms with van der Waals surface area (Å²) in [5, 5.41) is 9.81. The van der Waals surface area contributed by atoms with E-state index >= 15 is 0 Å². The highest BCUT2D eigenvalue weighted by Crippen LogP contribution is 2.30. The molecule has 1 N–H and O–H groups in total. The van der Waals surface area contributed by atoms with Crippen LogP contribution >= 0.6 is 0 Å². The van der Waals surface area contributed by atoms with Gasteiger partial charge in [-0.2, -0.15) is 0 Å². The zero-order chi connectivity index (χ0) is 10.8. The molecule has 1 nitrogen and oxygen atoms in total. The Bertz CT molecular complexity index is 430. The second-order valence-electron chi connectivity index (χ2n) is 3.78. The monoisotopic (exact) mass is 219 g/mol. The van der Waals surface area contributed by atoms with Crippen molar-refractivity contribution >= 4 is 17.0 Å². The molecule has 0 atom stereocenters. The molecule has 0 saturated heterocycles. The van der Waals surface area contributed by atoms with Gasteiger partial charge in [-0.25, -0.2) is 0 Å². The number of phenols is 1. The highest BCUT2D eigenvalue weighted by molar-refractivity contribution is 7.95. The third-order valence-electron chi connectivity index (χ3n) is 2.56. The van der Waals surface area contributed by atoms with Crippen LogP contribution in [0.1, 0.15) is 11.1 Å². The summed E-state index contributed by atoms with van der Waals surface area (Å²) >= 11 is 0. The van der Waals surface area contributed by atoms with E-state index in [-0.39, 0.29) is 10.9 Å². The Morgan fingerprint density at radius 3 is 2.73 bits per heavy atom. The number of phenolic OH excluding ortho intramolecular Hbond substituents is 1. The highest BCUT2D eigenvalue weighted by Gasteiger charge is 2.19. The molecule has 2 heteroatoms. The molecule has 78 valence electrons. The zero-order valence-corrected chi connectivity index (χ0v) is 9.84. The van der Waals surface area contributed by atoms with Gasteiger partial charge in [0.15, 0.2) is 4.90 Å². The van der Waals surface area contributed by atoms with E-state index in [1.807, 2.05) is 24.3 Å². The first-order valence-corrected chi connectivity index (χ1v) is 7.00. The van der Waals surface area contributed by atoms with E-state index in [2.05, 4.69) is 18.6 Å². The van der Waals surface area contributed by atoms with Crippen molar-refractivity contribution in [1.82, 2.24) is 0 Å². The van der Waals surface area contributed by atoms with Crippen LogP contribution in [0.25, 0.3) is 6.08 Å². The molecule has 1 aliphatic rings. The number of hydrogen-bond acceptors (Lipinski definition) is 1. The van der Waals surface area contributed by atoms with Gasteiger partial charge in [0.1, 0.15) is 18.3 Å². The first-order chi connectivity index (χ1) is 7.20. The quantitative estimate of drug-likeness (QED) is 0.720. The third kappa shape index (κ3) is 1.95. The lowest BCUT2D eigenvalue weighted by molar-refractivity contribution is 0.473.